The summed E-state index contributed by atoms with van der Waals surface area (Å²) in [6, 6.07) is 0. The van der Waals surface area contributed by atoms with Gasteiger partial charge in [-0.25, -0.2) is 0 Å². The van der Waals surface area contributed by atoms with Gasteiger partial charge in [0.1, 0.15) is 0 Å². The van der Waals surface area contributed by atoms with E-state index >= 15 is 0 Å². The third-order valence-electron chi connectivity index (χ3n) is 2.25. The Hall–Kier alpha value is -1.06. The van der Waals surface area contributed by atoms with Crippen molar-refractivity contribution >= 4 is 11.9 Å². The zero-order chi connectivity index (χ0) is 9.35. The molecule has 0 radical (unpaired) electrons. The highest BCUT2D eigenvalue weighted by Gasteiger charge is 2.46. The average Bonchev–Trinajstić information content (AvgIpc) is 1.96. The Bertz CT molecular complexity index is 218. The summed E-state index contributed by atoms with van der Waals surface area (Å²) in [5.74, 6) is -0.781. The number of carbonyl (C=O) groups is 2. The van der Waals surface area contributed by atoms with Gasteiger partial charge in [-0.3, -0.25) is 9.59 Å². The normalized spacial score (nSPS) is 20.0. The number of nitrogens with zero attached hydrogens (tertiary/aromatic N) is 1. The van der Waals surface area contributed by atoms with Crippen LogP contribution in [0.15, 0.2) is 0 Å². The molecule has 0 bridgehead atoms. The van der Waals surface area contributed by atoms with Gasteiger partial charge in [0.25, 0.3) is 0 Å². The third kappa shape index (κ3) is 1.29. The average molecular weight is 171 g/mol. The van der Waals surface area contributed by atoms with Crippen LogP contribution < -0.4 is 0 Å². The zero-order valence-corrected chi connectivity index (χ0v) is 7.33. The molecule has 4 nitrogen and oxygen atoms in total. The second-order valence-corrected chi connectivity index (χ2v) is 3.47. The molecule has 68 valence electrons. The Kier molecular flexibility index (Phi) is 2.08. The molecule has 0 aromatic carbocycles. The maximum Gasteiger partial charge on any atom is 0.312 e. The molecule has 1 heterocycles. The summed E-state index contributed by atoms with van der Waals surface area (Å²) in [5, 5.41) is 8.73. The van der Waals surface area contributed by atoms with E-state index < -0.39 is 11.4 Å². The van der Waals surface area contributed by atoms with Crippen molar-refractivity contribution in [1.29, 1.82) is 0 Å². The molecule has 0 aromatic heterocycles. The molecular formula is C8H13NO3. The van der Waals surface area contributed by atoms with Gasteiger partial charge in [-0.15, -0.1) is 0 Å². The van der Waals surface area contributed by atoms with Crippen molar-refractivity contribution in [3.63, 3.8) is 0 Å². The van der Waals surface area contributed by atoms with E-state index in [4.69, 9.17) is 5.11 Å². The first kappa shape index (κ1) is 9.03. The quantitative estimate of drug-likeness (QED) is 0.651. The maximum absolute atomic E-state index is 11.0. The zero-order valence-electron chi connectivity index (χ0n) is 7.33. The van der Waals surface area contributed by atoms with Crippen molar-refractivity contribution in [1.82, 2.24) is 4.90 Å². The molecule has 1 aliphatic rings. The van der Waals surface area contributed by atoms with E-state index in [1.54, 1.807) is 18.7 Å². The lowest BCUT2D eigenvalue weighted by atomic mass is 9.82. The van der Waals surface area contributed by atoms with Crippen molar-refractivity contribution in [3.05, 3.63) is 0 Å². The van der Waals surface area contributed by atoms with Gasteiger partial charge in [0, 0.05) is 19.5 Å². The third-order valence-corrected chi connectivity index (χ3v) is 2.25. The number of likely N-dealkylation sites (tertiary alicyclic amines) is 1. The minimum atomic E-state index is -0.817. The number of carboxylic acid groups (broad SMARTS) is 1. The first-order chi connectivity index (χ1) is 5.49. The number of aliphatic carboxylic acids is 1. The van der Waals surface area contributed by atoms with E-state index in [-0.39, 0.29) is 5.91 Å². The largest absolute Gasteiger partial charge is 0.481 e. The van der Waals surface area contributed by atoms with Crippen molar-refractivity contribution in [3.8, 4) is 0 Å². The highest BCUT2D eigenvalue weighted by Crippen LogP contribution is 2.30. The van der Waals surface area contributed by atoms with Crippen LogP contribution in [-0.4, -0.2) is 35.0 Å². The Morgan fingerprint density at radius 1 is 1.50 bits per heavy atom. The van der Waals surface area contributed by atoms with Crippen LogP contribution in [0.2, 0.25) is 0 Å². The lowest BCUT2D eigenvalue weighted by Crippen LogP contribution is -2.60. The molecule has 12 heavy (non-hydrogen) atoms. The molecule has 1 fully saturated rings. The molecule has 4 heteroatoms. The predicted molar refractivity (Wildman–Crippen MR) is 42.6 cm³/mol. The van der Waals surface area contributed by atoms with E-state index in [2.05, 4.69) is 0 Å². The Labute approximate surface area is 71.2 Å². The Balaban J connectivity index is 2.47. The number of hydrogen-bond acceptors (Lipinski definition) is 2. The van der Waals surface area contributed by atoms with Crippen LogP contribution in [0, 0.1) is 5.41 Å². The molecule has 1 amide bonds. The molecular weight excluding hydrogens is 158 g/mol. The number of carbonyl (C=O) groups excluding carboxylic acids is 1. The monoisotopic (exact) mass is 171 g/mol. The van der Waals surface area contributed by atoms with Crippen molar-refractivity contribution < 1.29 is 14.7 Å². The molecule has 0 unspecified atom stereocenters. The lowest BCUT2D eigenvalue weighted by molar-refractivity contribution is -0.163. The topological polar surface area (TPSA) is 57.6 Å². The summed E-state index contributed by atoms with van der Waals surface area (Å²) in [6.45, 7) is 4.15. The van der Waals surface area contributed by atoms with Gasteiger partial charge >= 0.3 is 5.97 Å². The molecule has 0 atom stereocenters. The van der Waals surface area contributed by atoms with Gasteiger partial charge in [0.15, 0.2) is 0 Å². The standard InChI is InChI=1S/C8H13NO3/c1-3-6(10)9-4-8(2,5-9)7(11)12/h3-5H2,1-2H3,(H,11,12). The molecule has 1 aliphatic heterocycles. The lowest BCUT2D eigenvalue weighted by Gasteiger charge is -2.44. The summed E-state index contributed by atoms with van der Waals surface area (Å²) < 4.78 is 0. The number of hydrogen-bond donors (Lipinski definition) is 1. The van der Waals surface area contributed by atoms with Crippen LogP contribution in [0.4, 0.5) is 0 Å². The van der Waals surface area contributed by atoms with Crippen molar-refractivity contribution in [2.24, 2.45) is 5.41 Å². The van der Waals surface area contributed by atoms with E-state index in [1.807, 2.05) is 0 Å². The fourth-order valence-corrected chi connectivity index (χ4v) is 1.33. The molecule has 1 saturated heterocycles. The number of amides is 1. The molecule has 0 aliphatic carbocycles. The fraction of sp³-hybridized carbons (Fsp3) is 0.750. The molecule has 0 spiro atoms. The van der Waals surface area contributed by atoms with Gasteiger partial charge in [0.2, 0.25) is 5.91 Å². The molecule has 1 N–H and O–H groups in total. The minimum Gasteiger partial charge on any atom is -0.481 e. The summed E-state index contributed by atoms with van der Waals surface area (Å²) in [7, 11) is 0. The fourth-order valence-electron chi connectivity index (χ4n) is 1.33. The second kappa shape index (κ2) is 2.77. The Morgan fingerprint density at radius 3 is 2.33 bits per heavy atom. The SMILES string of the molecule is CCC(=O)N1CC(C)(C(=O)O)C1. The predicted octanol–water partition coefficient (Wildman–Crippen LogP) is 0.329. The van der Waals surface area contributed by atoms with Crippen LogP contribution in [0.5, 0.6) is 0 Å². The van der Waals surface area contributed by atoms with Gasteiger partial charge in [0.05, 0.1) is 5.41 Å². The van der Waals surface area contributed by atoms with E-state index in [1.165, 1.54) is 0 Å². The van der Waals surface area contributed by atoms with Crippen LogP contribution in [0.25, 0.3) is 0 Å². The van der Waals surface area contributed by atoms with E-state index in [0.29, 0.717) is 19.5 Å². The van der Waals surface area contributed by atoms with Crippen LogP contribution in [-0.2, 0) is 9.59 Å². The van der Waals surface area contributed by atoms with Gasteiger partial charge in [-0.2, -0.15) is 0 Å². The first-order valence-electron chi connectivity index (χ1n) is 4.01. The second-order valence-electron chi connectivity index (χ2n) is 3.47. The minimum absolute atomic E-state index is 0.0359. The molecule has 0 aromatic rings. The number of rotatable bonds is 2. The summed E-state index contributed by atoms with van der Waals surface area (Å²) in [6.07, 6.45) is 0.454. The van der Waals surface area contributed by atoms with Crippen molar-refractivity contribution in [2.75, 3.05) is 13.1 Å². The van der Waals surface area contributed by atoms with Crippen LogP contribution in [0.1, 0.15) is 20.3 Å². The highest BCUT2D eigenvalue weighted by atomic mass is 16.4. The molecule has 1 rings (SSSR count). The van der Waals surface area contributed by atoms with Crippen LogP contribution in [0.3, 0.4) is 0 Å². The van der Waals surface area contributed by atoms with Crippen LogP contribution >= 0.6 is 0 Å². The summed E-state index contributed by atoms with van der Waals surface area (Å²) in [5.41, 5.74) is -0.704. The highest BCUT2D eigenvalue weighted by molar-refractivity contribution is 5.82. The maximum atomic E-state index is 11.0. The van der Waals surface area contributed by atoms with Crippen molar-refractivity contribution in [2.45, 2.75) is 20.3 Å². The smallest absolute Gasteiger partial charge is 0.312 e. The first-order valence-corrected chi connectivity index (χ1v) is 4.01. The van der Waals surface area contributed by atoms with Gasteiger partial charge in [-0.05, 0) is 6.92 Å². The van der Waals surface area contributed by atoms with E-state index in [0.717, 1.165) is 0 Å². The van der Waals surface area contributed by atoms with Gasteiger partial charge < -0.3 is 10.0 Å². The van der Waals surface area contributed by atoms with Gasteiger partial charge in [-0.1, -0.05) is 6.92 Å². The summed E-state index contributed by atoms with van der Waals surface area (Å²) in [4.78, 5) is 23.2. The Morgan fingerprint density at radius 2 is 2.00 bits per heavy atom. The molecule has 0 saturated carbocycles. The van der Waals surface area contributed by atoms with E-state index in [9.17, 15) is 9.59 Å². The number of carboxylic acids is 1. The summed E-state index contributed by atoms with van der Waals surface area (Å²) >= 11 is 0.